The van der Waals surface area contributed by atoms with Gasteiger partial charge in [0, 0.05) is 10.4 Å². The highest BCUT2D eigenvalue weighted by Gasteiger charge is 2.19. The molecule has 1 aromatic carbocycles. The van der Waals surface area contributed by atoms with Gasteiger partial charge in [0.05, 0.1) is 8.81 Å². The van der Waals surface area contributed by atoms with E-state index in [2.05, 4.69) is 15.9 Å². The molecular weight excluding hydrogens is 327 g/mol. The molecule has 5 heteroatoms. The second kappa shape index (κ2) is 5.06. The van der Waals surface area contributed by atoms with Crippen molar-refractivity contribution in [1.82, 2.24) is 0 Å². The van der Waals surface area contributed by atoms with Crippen molar-refractivity contribution in [2.75, 3.05) is 0 Å². The first-order valence-corrected chi connectivity index (χ1v) is 6.87. The summed E-state index contributed by atoms with van der Waals surface area (Å²) in [6.45, 7) is 1.92. The van der Waals surface area contributed by atoms with Crippen LogP contribution in [0.1, 0.15) is 22.1 Å². The molecule has 0 saturated heterocycles. The molecule has 0 saturated carbocycles. The van der Waals surface area contributed by atoms with E-state index in [0.717, 1.165) is 9.35 Å². The molecule has 90 valence electrons. The predicted molar refractivity (Wildman–Crippen MR) is 72.2 cm³/mol. The van der Waals surface area contributed by atoms with E-state index < -0.39 is 11.9 Å². The third kappa shape index (κ3) is 2.55. The number of thiophene rings is 1. The average molecular weight is 336 g/mol. The van der Waals surface area contributed by atoms with Crippen molar-refractivity contribution in [3.63, 3.8) is 0 Å². The fraction of sp³-hybridized carbons (Fsp3) is 0.167. The van der Waals surface area contributed by atoms with E-state index in [4.69, 9.17) is 11.6 Å². The van der Waals surface area contributed by atoms with Gasteiger partial charge in [-0.05, 0) is 40.5 Å². The molecular formula is C12H9BrClFOS. The number of hydrogen-bond acceptors (Lipinski definition) is 2. The van der Waals surface area contributed by atoms with Crippen molar-refractivity contribution >= 4 is 38.9 Å². The molecule has 2 aromatic rings. The van der Waals surface area contributed by atoms with Gasteiger partial charge < -0.3 is 5.11 Å². The van der Waals surface area contributed by atoms with E-state index in [1.54, 1.807) is 6.07 Å². The van der Waals surface area contributed by atoms with E-state index in [-0.39, 0.29) is 10.6 Å². The fourth-order valence-corrected chi connectivity index (χ4v) is 3.26. The number of hydrogen-bond donors (Lipinski definition) is 1. The minimum absolute atomic E-state index is 0.0221. The van der Waals surface area contributed by atoms with Gasteiger partial charge >= 0.3 is 0 Å². The molecule has 1 unspecified atom stereocenters. The van der Waals surface area contributed by atoms with Gasteiger partial charge in [-0.2, -0.15) is 0 Å². The van der Waals surface area contributed by atoms with Gasteiger partial charge in [0.25, 0.3) is 0 Å². The molecule has 0 aliphatic rings. The maximum Gasteiger partial charge on any atom is 0.147 e. The lowest BCUT2D eigenvalue weighted by molar-refractivity contribution is 0.218. The van der Waals surface area contributed by atoms with Crippen molar-refractivity contribution < 1.29 is 9.50 Å². The lowest BCUT2D eigenvalue weighted by Gasteiger charge is -2.10. The van der Waals surface area contributed by atoms with Gasteiger partial charge in [-0.15, -0.1) is 11.3 Å². The van der Waals surface area contributed by atoms with Gasteiger partial charge in [0.15, 0.2) is 0 Å². The van der Waals surface area contributed by atoms with Crippen LogP contribution < -0.4 is 0 Å². The van der Waals surface area contributed by atoms with Crippen LogP contribution in [0.2, 0.25) is 5.02 Å². The zero-order valence-electron chi connectivity index (χ0n) is 8.88. The van der Waals surface area contributed by atoms with E-state index in [0.29, 0.717) is 4.88 Å². The Bertz CT molecular complexity index is 536. The molecule has 0 fully saturated rings. The van der Waals surface area contributed by atoms with Crippen LogP contribution in [0.3, 0.4) is 0 Å². The zero-order valence-corrected chi connectivity index (χ0v) is 12.0. The minimum Gasteiger partial charge on any atom is -0.383 e. The Hall–Kier alpha value is -0.420. The van der Waals surface area contributed by atoms with Gasteiger partial charge in [0.2, 0.25) is 0 Å². The Kier molecular flexibility index (Phi) is 3.88. The Morgan fingerprint density at radius 3 is 2.76 bits per heavy atom. The molecule has 1 nitrogen and oxygen atoms in total. The summed E-state index contributed by atoms with van der Waals surface area (Å²) in [4.78, 5) is 0.690. The number of aryl methyl sites for hydroxylation is 1. The predicted octanol–water partition coefficient (Wildman–Crippen LogP) is 4.69. The van der Waals surface area contributed by atoms with Crippen LogP contribution in [0.5, 0.6) is 0 Å². The number of benzene rings is 1. The largest absolute Gasteiger partial charge is 0.383 e. The van der Waals surface area contributed by atoms with Crippen LogP contribution >= 0.6 is 38.9 Å². The summed E-state index contributed by atoms with van der Waals surface area (Å²) < 4.78 is 14.7. The minimum atomic E-state index is -0.983. The highest BCUT2D eigenvalue weighted by atomic mass is 79.9. The summed E-state index contributed by atoms with van der Waals surface area (Å²) in [5, 5.41) is 10.1. The van der Waals surface area contributed by atoms with E-state index >= 15 is 0 Å². The van der Waals surface area contributed by atoms with Crippen LogP contribution in [-0.4, -0.2) is 5.11 Å². The van der Waals surface area contributed by atoms with Crippen LogP contribution in [0.25, 0.3) is 0 Å². The van der Waals surface area contributed by atoms with Crippen LogP contribution in [0.4, 0.5) is 4.39 Å². The lowest BCUT2D eigenvalue weighted by atomic mass is 10.1. The normalized spacial score (nSPS) is 12.8. The van der Waals surface area contributed by atoms with Gasteiger partial charge in [-0.3, -0.25) is 0 Å². The third-order valence-electron chi connectivity index (χ3n) is 2.42. The topological polar surface area (TPSA) is 20.2 Å². The first-order chi connectivity index (χ1) is 8.00. The molecule has 1 heterocycles. The Labute approximate surface area is 116 Å². The maximum absolute atomic E-state index is 13.7. The summed E-state index contributed by atoms with van der Waals surface area (Å²) in [7, 11) is 0. The monoisotopic (exact) mass is 334 g/mol. The zero-order chi connectivity index (χ0) is 12.6. The van der Waals surface area contributed by atoms with Gasteiger partial charge in [-0.25, -0.2) is 4.39 Å². The van der Waals surface area contributed by atoms with Gasteiger partial charge in [-0.1, -0.05) is 23.7 Å². The highest BCUT2D eigenvalue weighted by Crippen LogP contribution is 2.35. The van der Waals surface area contributed by atoms with E-state index in [1.165, 1.54) is 23.5 Å². The van der Waals surface area contributed by atoms with Crippen molar-refractivity contribution in [3.05, 3.63) is 54.9 Å². The second-order valence-corrected chi connectivity index (χ2v) is 6.46. The molecule has 1 aromatic heterocycles. The molecule has 17 heavy (non-hydrogen) atoms. The average Bonchev–Trinajstić information content (AvgIpc) is 2.62. The Balaban J connectivity index is 2.43. The van der Waals surface area contributed by atoms with Crippen LogP contribution in [0.15, 0.2) is 28.1 Å². The van der Waals surface area contributed by atoms with Crippen LogP contribution in [-0.2, 0) is 0 Å². The smallest absolute Gasteiger partial charge is 0.147 e. The van der Waals surface area contributed by atoms with Crippen LogP contribution in [0, 0.1) is 12.7 Å². The molecule has 0 spiro atoms. The molecule has 0 amide bonds. The van der Waals surface area contributed by atoms with Crippen molar-refractivity contribution in [3.8, 4) is 0 Å². The molecule has 0 bridgehead atoms. The number of halogens is 3. The molecule has 0 radical (unpaired) electrons. The first-order valence-electron chi connectivity index (χ1n) is 4.88. The Morgan fingerprint density at radius 1 is 1.47 bits per heavy atom. The molecule has 1 atom stereocenters. The lowest BCUT2D eigenvalue weighted by Crippen LogP contribution is -2.00. The summed E-state index contributed by atoms with van der Waals surface area (Å²) in [5.74, 6) is -0.566. The molecule has 0 aliphatic heterocycles. The second-order valence-electron chi connectivity index (χ2n) is 3.65. The van der Waals surface area contributed by atoms with Gasteiger partial charge in [0.1, 0.15) is 11.9 Å². The summed E-state index contributed by atoms with van der Waals surface area (Å²) >= 11 is 10.5. The summed E-state index contributed by atoms with van der Waals surface area (Å²) in [5.41, 5.74) is 1.22. The first kappa shape index (κ1) is 13.0. The standard InChI is InChI=1S/C12H9BrClFOS/c1-6-5-9(17-12(6)13)11(16)7-3-2-4-8(14)10(7)15/h2-5,11,16H,1H3. The SMILES string of the molecule is Cc1cc(C(O)c2cccc(Cl)c2F)sc1Br. The van der Waals surface area contributed by atoms with Crippen molar-refractivity contribution in [2.24, 2.45) is 0 Å². The fourth-order valence-electron chi connectivity index (χ4n) is 1.50. The Morgan fingerprint density at radius 2 is 2.18 bits per heavy atom. The summed E-state index contributed by atoms with van der Waals surface area (Å²) in [6.07, 6.45) is -0.983. The van der Waals surface area contributed by atoms with E-state index in [1.807, 2.05) is 13.0 Å². The number of aliphatic hydroxyl groups is 1. The highest BCUT2D eigenvalue weighted by molar-refractivity contribution is 9.11. The maximum atomic E-state index is 13.7. The third-order valence-corrected chi connectivity index (χ3v) is 4.90. The van der Waals surface area contributed by atoms with Crippen molar-refractivity contribution in [2.45, 2.75) is 13.0 Å². The van der Waals surface area contributed by atoms with Crippen molar-refractivity contribution in [1.29, 1.82) is 0 Å². The molecule has 1 N–H and O–H groups in total. The molecule has 0 aliphatic carbocycles. The van der Waals surface area contributed by atoms with E-state index in [9.17, 15) is 9.50 Å². The summed E-state index contributed by atoms with van der Waals surface area (Å²) in [6, 6.07) is 6.46. The number of rotatable bonds is 2. The molecule has 2 rings (SSSR count). The quantitative estimate of drug-likeness (QED) is 0.844. The number of aliphatic hydroxyl groups excluding tert-OH is 1.